The average molecular weight is 194 g/mol. The van der Waals surface area contributed by atoms with Crippen LogP contribution < -0.4 is 5.73 Å². The first-order valence-corrected chi connectivity index (χ1v) is 4.69. The Morgan fingerprint density at radius 2 is 2.14 bits per heavy atom. The maximum Gasteiger partial charge on any atom is 0.139 e. The fourth-order valence-electron chi connectivity index (χ4n) is 0.908. The molecule has 1 heterocycles. The van der Waals surface area contributed by atoms with E-state index in [9.17, 15) is 4.79 Å². The lowest BCUT2D eigenvalue weighted by molar-refractivity contribution is -0.121. The second-order valence-electron chi connectivity index (χ2n) is 3.16. The van der Waals surface area contributed by atoms with E-state index in [1.54, 1.807) is 12.4 Å². The van der Waals surface area contributed by atoms with E-state index in [1.165, 1.54) is 7.05 Å². The van der Waals surface area contributed by atoms with Crippen molar-refractivity contribution in [2.45, 2.75) is 20.3 Å². The van der Waals surface area contributed by atoms with Gasteiger partial charge in [-0.3, -0.25) is 9.78 Å². The lowest BCUT2D eigenvalue weighted by atomic mass is 10.0. The van der Waals surface area contributed by atoms with Gasteiger partial charge in [-0.15, -0.1) is 0 Å². The number of carbonyl (C=O) groups is 1. The van der Waals surface area contributed by atoms with Crippen molar-refractivity contribution < 1.29 is 4.79 Å². The van der Waals surface area contributed by atoms with Crippen LogP contribution in [0.5, 0.6) is 0 Å². The summed E-state index contributed by atoms with van der Waals surface area (Å²) in [5, 5.41) is 0. The van der Waals surface area contributed by atoms with Gasteiger partial charge in [-0.25, -0.2) is 0 Å². The van der Waals surface area contributed by atoms with Crippen molar-refractivity contribution in [3.63, 3.8) is 0 Å². The molecule has 0 aliphatic carbocycles. The zero-order chi connectivity index (χ0) is 11.0. The predicted octanol–water partition coefficient (Wildman–Crippen LogP) is 1.42. The highest BCUT2D eigenvalue weighted by atomic mass is 16.1. The molecule has 0 aliphatic heterocycles. The van der Waals surface area contributed by atoms with Gasteiger partial charge >= 0.3 is 0 Å². The number of nitrogens with zero attached hydrogens (tertiary/aromatic N) is 1. The van der Waals surface area contributed by atoms with Crippen LogP contribution in [-0.4, -0.2) is 17.8 Å². The molecule has 2 N–H and O–H groups in total. The summed E-state index contributed by atoms with van der Waals surface area (Å²) in [4.78, 5) is 15.2. The Hall–Kier alpha value is -1.22. The van der Waals surface area contributed by atoms with Crippen molar-refractivity contribution >= 4 is 5.78 Å². The molecule has 0 atom stereocenters. The third-order valence-corrected chi connectivity index (χ3v) is 1.75. The van der Waals surface area contributed by atoms with Gasteiger partial charge < -0.3 is 5.73 Å². The van der Waals surface area contributed by atoms with Gasteiger partial charge in [-0.05, 0) is 18.7 Å². The molecule has 14 heavy (non-hydrogen) atoms. The molecule has 78 valence electrons. The highest BCUT2D eigenvalue weighted by Crippen LogP contribution is 2.03. The van der Waals surface area contributed by atoms with Crippen molar-refractivity contribution in [3.8, 4) is 0 Å². The summed E-state index contributed by atoms with van der Waals surface area (Å²) in [5.74, 6) is 0.383. The minimum absolute atomic E-state index is 0.116. The summed E-state index contributed by atoms with van der Waals surface area (Å²) < 4.78 is 0. The van der Waals surface area contributed by atoms with Crippen LogP contribution in [0, 0.1) is 5.92 Å². The van der Waals surface area contributed by atoms with Crippen LogP contribution in [-0.2, 0) is 11.2 Å². The van der Waals surface area contributed by atoms with E-state index in [2.05, 4.69) is 10.7 Å². The van der Waals surface area contributed by atoms with Crippen molar-refractivity contribution in [1.29, 1.82) is 0 Å². The Morgan fingerprint density at radius 3 is 2.57 bits per heavy atom. The molecule has 0 radical (unpaired) electrons. The first-order valence-electron chi connectivity index (χ1n) is 4.69. The molecule has 0 saturated heterocycles. The summed E-state index contributed by atoms with van der Waals surface area (Å²) in [6, 6.07) is 3.77. The van der Waals surface area contributed by atoms with Gasteiger partial charge in [0.15, 0.2) is 0 Å². The number of ketones is 1. The number of hydrogen-bond donors (Lipinski definition) is 1. The van der Waals surface area contributed by atoms with Gasteiger partial charge in [0.1, 0.15) is 5.78 Å². The third-order valence-electron chi connectivity index (χ3n) is 1.75. The second kappa shape index (κ2) is 7.21. The zero-order valence-electron chi connectivity index (χ0n) is 9.03. The molecular formula is C11H18N2O. The Balaban J connectivity index is 0.000000791. The molecule has 3 nitrogen and oxygen atoms in total. The molecular weight excluding hydrogens is 176 g/mol. The predicted molar refractivity (Wildman–Crippen MR) is 57.9 cm³/mol. The Kier molecular flexibility index (Phi) is 6.58. The maximum atomic E-state index is 11.3. The summed E-state index contributed by atoms with van der Waals surface area (Å²) >= 11 is 0. The Morgan fingerprint density at radius 1 is 1.50 bits per heavy atom. The van der Waals surface area contributed by atoms with Crippen molar-refractivity contribution in [2.24, 2.45) is 11.7 Å². The second-order valence-corrected chi connectivity index (χ2v) is 3.16. The van der Waals surface area contributed by atoms with E-state index < -0.39 is 0 Å². The number of rotatable bonds is 3. The molecule has 0 fully saturated rings. The highest BCUT2D eigenvalue weighted by molar-refractivity contribution is 5.82. The van der Waals surface area contributed by atoms with Gasteiger partial charge in [0.05, 0.1) is 0 Å². The SMILES string of the molecule is CC(C)C(=O)Cc1cccnc1.CN. The Bertz CT molecular complexity index is 257. The fourth-order valence-corrected chi connectivity index (χ4v) is 0.908. The smallest absolute Gasteiger partial charge is 0.139 e. The summed E-state index contributed by atoms with van der Waals surface area (Å²) in [6.45, 7) is 3.83. The molecule has 0 spiro atoms. The Labute approximate surface area is 85.3 Å². The standard InChI is InChI=1S/C10H13NO.CH5N/c1-8(2)10(12)6-9-4-3-5-11-7-9;1-2/h3-5,7-8H,6H2,1-2H3;2H2,1H3. The molecule has 1 rings (SSSR count). The lowest BCUT2D eigenvalue weighted by Crippen LogP contribution is -2.10. The number of pyridine rings is 1. The van der Waals surface area contributed by atoms with E-state index in [4.69, 9.17) is 0 Å². The fraction of sp³-hybridized carbons (Fsp3) is 0.455. The van der Waals surface area contributed by atoms with Crippen LogP contribution in [0.4, 0.5) is 0 Å². The van der Waals surface area contributed by atoms with Crippen molar-refractivity contribution in [1.82, 2.24) is 4.98 Å². The largest absolute Gasteiger partial charge is 0.333 e. The van der Waals surface area contributed by atoms with Crippen LogP contribution in [0.3, 0.4) is 0 Å². The summed E-state index contributed by atoms with van der Waals surface area (Å²) in [5.41, 5.74) is 5.50. The number of hydrogen-bond acceptors (Lipinski definition) is 3. The molecule has 0 saturated carbocycles. The van der Waals surface area contributed by atoms with E-state index in [1.807, 2.05) is 26.0 Å². The maximum absolute atomic E-state index is 11.3. The van der Waals surface area contributed by atoms with Crippen LogP contribution in [0.2, 0.25) is 0 Å². The molecule has 1 aromatic heterocycles. The minimum Gasteiger partial charge on any atom is -0.333 e. The molecule has 1 aromatic rings. The molecule has 0 aromatic carbocycles. The lowest BCUT2D eigenvalue weighted by Gasteiger charge is -2.02. The normalized spacial score (nSPS) is 9.21. The van der Waals surface area contributed by atoms with Crippen molar-refractivity contribution in [2.75, 3.05) is 7.05 Å². The first-order chi connectivity index (χ1) is 6.70. The van der Waals surface area contributed by atoms with Gasteiger partial charge in [-0.2, -0.15) is 0 Å². The van der Waals surface area contributed by atoms with E-state index in [0.717, 1.165) is 5.56 Å². The summed E-state index contributed by atoms with van der Waals surface area (Å²) in [6.07, 6.45) is 3.95. The van der Waals surface area contributed by atoms with Crippen molar-refractivity contribution in [3.05, 3.63) is 30.1 Å². The van der Waals surface area contributed by atoms with E-state index in [0.29, 0.717) is 6.42 Å². The minimum atomic E-state index is 0.116. The van der Waals surface area contributed by atoms with Gasteiger partial charge in [-0.1, -0.05) is 19.9 Å². The van der Waals surface area contributed by atoms with Crippen LogP contribution in [0.25, 0.3) is 0 Å². The van der Waals surface area contributed by atoms with Gasteiger partial charge in [0, 0.05) is 24.7 Å². The average Bonchev–Trinajstić information content (AvgIpc) is 2.22. The van der Waals surface area contributed by atoms with Gasteiger partial charge in [0.25, 0.3) is 0 Å². The first kappa shape index (κ1) is 12.8. The third kappa shape index (κ3) is 4.72. The number of nitrogens with two attached hydrogens (primary N) is 1. The highest BCUT2D eigenvalue weighted by Gasteiger charge is 2.07. The van der Waals surface area contributed by atoms with Gasteiger partial charge in [0.2, 0.25) is 0 Å². The molecule has 0 unspecified atom stereocenters. The quantitative estimate of drug-likeness (QED) is 0.791. The topological polar surface area (TPSA) is 56.0 Å². The van der Waals surface area contributed by atoms with Crippen LogP contribution in [0.1, 0.15) is 19.4 Å². The number of carbonyl (C=O) groups excluding carboxylic acids is 1. The molecule has 0 amide bonds. The van der Waals surface area contributed by atoms with Crippen LogP contribution in [0.15, 0.2) is 24.5 Å². The molecule has 0 bridgehead atoms. The number of Topliss-reactive ketones (excluding diaryl/α,β-unsaturated/α-hetero) is 1. The van der Waals surface area contributed by atoms with Crippen LogP contribution >= 0.6 is 0 Å². The monoisotopic (exact) mass is 194 g/mol. The van der Waals surface area contributed by atoms with E-state index in [-0.39, 0.29) is 11.7 Å². The number of aromatic nitrogens is 1. The molecule has 3 heteroatoms. The molecule has 0 aliphatic rings. The summed E-state index contributed by atoms with van der Waals surface area (Å²) in [7, 11) is 1.50. The van der Waals surface area contributed by atoms with E-state index >= 15 is 0 Å². The zero-order valence-corrected chi connectivity index (χ0v) is 9.03.